The molecule has 2 aliphatic carbocycles. The first kappa shape index (κ1) is 48.6. The van der Waals surface area contributed by atoms with Gasteiger partial charge in [-0.15, -0.1) is 0 Å². The van der Waals surface area contributed by atoms with Crippen LogP contribution in [0.15, 0.2) is 60.9 Å². The molecule has 370 valence electrons. The Morgan fingerprint density at radius 3 is 1.39 bits per heavy atom. The van der Waals surface area contributed by atoms with E-state index in [0.29, 0.717) is 13.1 Å². The molecule has 0 unspecified atom stereocenters. The molecule has 3 aromatic carbocycles. The van der Waals surface area contributed by atoms with Gasteiger partial charge < -0.3 is 39.9 Å². The number of carbonyl (C=O) groups is 4. The Balaban J connectivity index is 1.05. The van der Waals surface area contributed by atoms with Crippen molar-refractivity contribution < 1.29 is 28.7 Å². The molecule has 4 atom stereocenters. The standard InChI is InChI=1S/C56H70N8O6/c1-31(2)47(61-53(67)69-9)51(65)63-25-13-19-41(63)49-57-29-39(59-49)33-15-11-17-35(27-33)43-37-21-23-56(7,8)46(37)44(38-22-24-55(5,6)45(38)43)36-18-12-16-34(28-36)40-30-58-50(60-40)42-20-14-26-64(42)52(66)48(32(3)4)62-54(68)70-10/h11-12,15-18,27-32,41-42,47-48H,13-14,19-26H2,1-10H3,(H,57,59)(H,58,60)(H,61,67)(H,62,68)/t41-,42-,47+,48+/m0/s1. The van der Waals surface area contributed by atoms with E-state index in [0.717, 1.165) is 85.5 Å². The van der Waals surface area contributed by atoms with Crippen molar-refractivity contribution in [3.05, 3.63) is 94.8 Å². The first-order valence-electron chi connectivity index (χ1n) is 25.3. The third kappa shape index (κ3) is 8.87. The molecule has 4 amide bonds. The van der Waals surface area contributed by atoms with Gasteiger partial charge in [-0.2, -0.15) is 0 Å². The van der Waals surface area contributed by atoms with Gasteiger partial charge in [0.25, 0.3) is 0 Å². The van der Waals surface area contributed by atoms with Gasteiger partial charge in [-0.1, -0.05) is 91.8 Å². The SMILES string of the molecule is COC(=O)N[C@@H](C(=O)N1CCC[C@H]1c1ncc(-c2cccc(-c3c4c(c(-c5cccc(-c6cnc([C@@H]7CCCN7C(=O)[C@H](NC(=O)OC)C(C)C)[nH]6)c5)c5c3C(C)(C)CC5)C(C)(C)CC4)c2)[nH]1)C(C)C. The molecule has 2 saturated heterocycles. The molecular formula is C56H70N8O6. The van der Waals surface area contributed by atoms with Crippen LogP contribution < -0.4 is 10.6 Å². The second-order valence-corrected chi connectivity index (χ2v) is 21.8. The summed E-state index contributed by atoms with van der Waals surface area (Å²) in [4.78, 5) is 72.9. The van der Waals surface area contributed by atoms with Crippen molar-refractivity contribution in [3.63, 3.8) is 0 Å². The Morgan fingerprint density at radius 1 is 0.629 bits per heavy atom. The minimum Gasteiger partial charge on any atom is -0.453 e. The van der Waals surface area contributed by atoms with Gasteiger partial charge in [-0.3, -0.25) is 9.59 Å². The molecule has 0 bridgehead atoms. The van der Waals surface area contributed by atoms with Crippen molar-refractivity contribution in [1.82, 2.24) is 40.4 Å². The smallest absolute Gasteiger partial charge is 0.407 e. The summed E-state index contributed by atoms with van der Waals surface area (Å²) >= 11 is 0. The van der Waals surface area contributed by atoms with Gasteiger partial charge >= 0.3 is 12.2 Å². The van der Waals surface area contributed by atoms with Crippen molar-refractivity contribution >= 4 is 24.0 Å². The first-order chi connectivity index (χ1) is 33.4. The third-order valence-electron chi connectivity index (χ3n) is 15.7. The predicted octanol–water partition coefficient (Wildman–Crippen LogP) is 10.3. The Morgan fingerprint density at radius 2 is 1.01 bits per heavy atom. The fraction of sp³-hybridized carbons (Fsp3) is 0.500. The highest BCUT2D eigenvalue weighted by Crippen LogP contribution is 2.57. The lowest BCUT2D eigenvalue weighted by molar-refractivity contribution is -0.136. The van der Waals surface area contributed by atoms with Crippen molar-refractivity contribution in [2.24, 2.45) is 11.8 Å². The molecular weight excluding hydrogens is 881 g/mol. The van der Waals surface area contributed by atoms with Gasteiger partial charge in [0.15, 0.2) is 0 Å². The molecule has 70 heavy (non-hydrogen) atoms. The highest BCUT2D eigenvalue weighted by molar-refractivity contribution is 5.90. The maximum atomic E-state index is 13.9. The fourth-order valence-electron chi connectivity index (χ4n) is 12.0. The van der Waals surface area contributed by atoms with Crippen LogP contribution in [0.3, 0.4) is 0 Å². The molecule has 5 aromatic rings. The summed E-state index contributed by atoms with van der Waals surface area (Å²) in [6.07, 6.45) is 9.85. The lowest BCUT2D eigenvalue weighted by Crippen LogP contribution is -2.51. The maximum Gasteiger partial charge on any atom is 0.407 e. The summed E-state index contributed by atoms with van der Waals surface area (Å²) in [6, 6.07) is 15.9. The van der Waals surface area contributed by atoms with E-state index < -0.39 is 24.3 Å². The van der Waals surface area contributed by atoms with Crippen molar-refractivity contribution in [2.75, 3.05) is 27.3 Å². The fourth-order valence-corrected chi connectivity index (χ4v) is 12.0. The van der Waals surface area contributed by atoms with Crippen LogP contribution in [-0.4, -0.2) is 93.1 Å². The number of hydrogen-bond donors (Lipinski definition) is 4. The van der Waals surface area contributed by atoms with Crippen molar-refractivity contribution in [2.45, 2.75) is 142 Å². The quantitative estimate of drug-likeness (QED) is 0.0956. The molecule has 0 spiro atoms. The molecule has 0 radical (unpaired) electrons. The van der Waals surface area contributed by atoms with Gasteiger partial charge in [0.2, 0.25) is 11.8 Å². The molecule has 14 nitrogen and oxygen atoms in total. The number of alkyl carbamates (subject to hydrolysis) is 2. The maximum absolute atomic E-state index is 13.9. The van der Waals surface area contributed by atoms with Crippen LogP contribution in [0.2, 0.25) is 0 Å². The van der Waals surface area contributed by atoms with Crippen LogP contribution in [0.1, 0.15) is 140 Å². The Bertz CT molecular complexity index is 2630. The van der Waals surface area contributed by atoms with Crippen LogP contribution in [0.25, 0.3) is 44.8 Å². The second kappa shape index (κ2) is 19.0. The Kier molecular flexibility index (Phi) is 13.2. The highest BCUT2D eigenvalue weighted by atomic mass is 16.5. The molecule has 2 aliphatic heterocycles. The number of hydrogen-bond acceptors (Lipinski definition) is 8. The van der Waals surface area contributed by atoms with E-state index in [1.165, 1.54) is 58.7 Å². The molecule has 4 N–H and O–H groups in total. The summed E-state index contributed by atoms with van der Waals surface area (Å²) in [5, 5.41) is 5.50. The number of methoxy groups -OCH3 is 2. The average Bonchev–Trinajstić information content (AvgIpc) is 4.21. The van der Waals surface area contributed by atoms with Crippen molar-refractivity contribution in [3.8, 4) is 44.8 Å². The van der Waals surface area contributed by atoms with Crippen LogP contribution in [0.4, 0.5) is 9.59 Å². The van der Waals surface area contributed by atoms with Gasteiger partial charge in [-0.05, 0) is 131 Å². The number of nitrogens with one attached hydrogen (secondary N) is 4. The minimum absolute atomic E-state index is 0.0607. The van der Waals surface area contributed by atoms with E-state index in [4.69, 9.17) is 19.4 Å². The number of fused-ring (bicyclic) bond motifs is 2. The van der Waals surface area contributed by atoms with E-state index in [1.54, 1.807) is 0 Å². The lowest BCUT2D eigenvalue weighted by atomic mass is 9.73. The second-order valence-electron chi connectivity index (χ2n) is 21.8. The molecule has 4 heterocycles. The molecule has 0 saturated carbocycles. The van der Waals surface area contributed by atoms with Gasteiger partial charge in [0, 0.05) is 24.2 Å². The normalized spacial score (nSPS) is 19.8. The topological polar surface area (TPSA) is 175 Å². The summed E-state index contributed by atoms with van der Waals surface area (Å²) in [5.41, 5.74) is 14.6. The third-order valence-corrected chi connectivity index (χ3v) is 15.7. The van der Waals surface area contributed by atoms with E-state index in [-0.39, 0.29) is 46.6 Å². The molecule has 9 rings (SSSR count). The number of aromatic nitrogens is 4. The minimum atomic E-state index is -0.701. The van der Waals surface area contributed by atoms with Crippen LogP contribution >= 0.6 is 0 Å². The monoisotopic (exact) mass is 951 g/mol. The zero-order valence-corrected chi connectivity index (χ0v) is 42.5. The highest BCUT2D eigenvalue weighted by Gasteiger charge is 2.44. The number of rotatable bonds is 12. The number of likely N-dealkylation sites (tertiary alicyclic amines) is 2. The largest absolute Gasteiger partial charge is 0.453 e. The molecule has 2 fully saturated rings. The summed E-state index contributed by atoms with van der Waals surface area (Å²) in [5.74, 6) is 1.000. The molecule has 14 heteroatoms. The van der Waals surface area contributed by atoms with Crippen LogP contribution in [0.5, 0.6) is 0 Å². The van der Waals surface area contributed by atoms with E-state index >= 15 is 0 Å². The average molecular weight is 951 g/mol. The van der Waals surface area contributed by atoms with Gasteiger partial charge in [0.1, 0.15) is 23.7 Å². The van der Waals surface area contributed by atoms with E-state index in [2.05, 4.69) is 96.8 Å². The number of imidazole rings is 2. The number of ether oxygens (including phenoxy) is 2. The Labute approximate surface area is 412 Å². The first-order valence-corrected chi connectivity index (χ1v) is 25.3. The number of H-pyrrole nitrogens is 2. The number of aromatic amines is 2. The van der Waals surface area contributed by atoms with Crippen LogP contribution in [-0.2, 0) is 42.7 Å². The number of benzene rings is 3. The number of carbonyl (C=O) groups excluding carboxylic acids is 4. The molecule has 4 aliphatic rings. The van der Waals surface area contributed by atoms with E-state index in [9.17, 15) is 19.2 Å². The summed E-state index contributed by atoms with van der Waals surface area (Å²) in [7, 11) is 2.62. The summed E-state index contributed by atoms with van der Waals surface area (Å²) in [6.45, 7) is 18.5. The van der Waals surface area contributed by atoms with E-state index in [1.807, 2.05) is 49.9 Å². The molecule has 2 aromatic heterocycles. The zero-order valence-electron chi connectivity index (χ0n) is 42.5. The van der Waals surface area contributed by atoms with Crippen LogP contribution in [0, 0.1) is 11.8 Å². The van der Waals surface area contributed by atoms with Gasteiger partial charge in [-0.25, -0.2) is 19.6 Å². The lowest BCUT2D eigenvalue weighted by Gasteiger charge is -2.31. The number of amides is 4. The van der Waals surface area contributed by atoms with Gasteiger partial charge in [0.05, 0.1) is 50.1 Å². The van der Waals surface area contributed by atoms with Crippen molar-refractivity contribution in [1.29, 1.82) is 0 Å². The summed E-state index contributed by atoms with van der Waals surface area (Å²) < 4.78 is 9.69. The zero-order chi connectivity index (χ0) is 49.8. The number of nitrogens with zero attached hydrogens (tertiary/aromatic N) is 4. The predicted molar refractivity (Wildman–Crippen MR) is 271 cm³/mol. The Hall–Kier alpha value is -6.44.